The second kappa shape index (κ2) is 7.64. The first-order chi connectivity index (χ1) is 10.9. The molecule has 2 rings (SSSR count). The van der Waals surface area contributed by atoms with Gasteiger partial charge in [0.2, 0.25) is 15.9 Å². The summed E-state index contributed by atoms with van der Waals surface area (Å²) in [6, 6.07) is 5.25. The van der Waals surface area contributed by atoms with Crippen molar-refractivity contribution in [2.24, 2.45) is 5.92 Å². The molecule has 1 aromatic carbocycles. The van der Waals surface area contributed by atoms with Gasteiger partial charge in [0.25, 0.3) is 0 Å². The van der Waals surface area contributed by atoms with Crippen molar-refractivity contribution in [2.75, 3.05) is 15.8 Å². The Balaban J connectivity index is 2.13. The van der Waals surface area contributed by atoms with Crippen molar-refractivity contribution < 1.29 is 13.2 Å². The van der Waals surface area contributed by atoms with Crippen molar-refractivity contribution >= 4 is 27.3 Å². The third kappa shape index (κ3) is 4.82. The van der Waals surface area contributed by atoms with Crippen LogP contribution in [-0.2, 0) is 14.8 Å². The predicted octanol–water partition coefficient (Wildman–Crippen LogP) is 3.44. The number of benzene rings is 1. The number of anilines is 2. The molecule has 5 nitrogen and oxygen atoms in total. The lowest BCUT2D eigenvalue weighted by Crippen LogP contribution is -2.24. The lowest BCUT2D eigenvalue weighted by molar-refractivity contribution is -0.120. The minimum Gasteiger partial charge on any atom is -0.326 e. The highest BCUT2D eigenvalue weighted by atomic mass is 32.2. The fraction of sp³-hybridized carbons (Fsp3) is 0.471. The Morgan fingerprint density at radius 3 is 2.65 bits per heavy atom. The summed E-state index contributed by atoms with van der Waals surface area (Å²) in [6.45, 7) is 3.63. The standard InChI is InChI=1S/C17H24N2O3S/c1-3-12-23(21,22)19-16-11-7-10-15(13(16)2)18-17(20)14-8-5-4-6-9-14/h4-5,7,10-11,14,19H,3,6,8-9,12H2,1-2H3,(H,18,20)/t14-/m0/s1. The fourth-order valence-electron chi connectivity index (χ4n) is 2.64. The van der Waals surface area contributed by atoms with Gasteiger partial charge in [-0.25, -0.2) is 8.42 Å². The van der Waals surface area contributed by atoms with E-state index in [-0.39, 0.29) is 17.6 Å². The van der Waals surface area contributed by atoms with Gasteiger partial charge < -0.3 is 5.32 Å². The number of rotatable bonds is 6. The lowest BCUT2D eigenvalue weighted by Gasteiger charge is -2.19. The van der Waals surface area contributed by atoms with Crippen molar-refractivity contribution in [3.05, 3.63) is 35.9 Å². The van der Waals surface area contributed by atoms with E-state index in [2.05, 4.69) is 16.1 Å². The second-order valence-corrected chi connectivity index (χ2v) is 7.71. The van der Waals surface area contributed by atoms with E-state index in [0.717, 1.165) is 24.8 Å². The number of hydrogen-bond donors (Lipinski definition) is 2. The molecule has 1 aliphatic rings. The zero-order valence-electron chi connectivity index (χ0n) is 13.6. The number of nitrogens with one attached hydrogen (secondary N) is 2. The topological polar surface area (TPSA) is 75.3 Å². The molecule has 1 aliphatic carbocycles. The van der Waals surface area contributed by atoms with Gasteiger partial charge in [0.15, 0.2) is 0 Å². The monoisotopic (exact) mass is 336 g/mol. The van der Waals surface area contributed by atoms with E-state index in [0.29, 0.717) is 17.8 Å². The van der Waals surface area contributed by atoms with Gasteiger partial charge in [-0.15, -0.1) is 0 Å². The molecule has 0 unspecified atom stereocenters. The van der Waals surface area contributed by atoms with Crippen LogP contribution in [0.2, 0.25) is 0 Å². The number of sulfonamides is 1. The first-order valence-electron chi connectivity index (χ1n) is 7.99. The quantitative estimate of drug-likeness (QED) is 0.781. The summed E-state index contributed by atoms with van der Waals surface area (Å²) in [4.78, 5) is 12.3. The Labute approximate surface area is 138 Å². The molecule has 1 atom stereocenters. The van der Waals surface area contributed by atoms with Crippen molar-refractivity contribution in [1.29, 1.82) is 0 Å². The molecule has 1 aromatic rings. The van der Waals surface area contributed by atoms with Crippen LogP contribution in [0.25, 0.3) is 0 Å². The number of carbonyl (C=O) groups excluding carboxylic acids is 1. The SMILES string of the molecule is CCCS(=O)(=O)Nc1cccc(NC(=O)[C@H]2CC=CCC2)c1C. The van der Waals surface area contributed by atoms with Crippen LogP contribution in [0.15, 0.2) is 30.4 Å². The van der Waals surface area contributed by atoms with Crippen molar-refractivity contribution in [1.82, 2.24) is 0 Å². The van der Waals surface area contributed by atoms with Gasteiger partial charge in [0.05, 0.1) is 11.4 Å². The molecule has 0 radical (unpaired) electrons. The Morgan fingerprint density at radius 1 is 1.26 bits per heavy atom. The van der Waals surface area contributed by atoms with E-state index in [1.165, 1.54) is 0 Å². The van der Waals surface area contributed by atoms with E-state index >= 15 is 0 Å². The summed E-state index contributed by atoms with van der Waals surface area (Å²) in [6.07, 6.45) is 7.22. The van der Waals surface area contributed by atoms with E-state index in [1.54, 1.807) is 25.1 Å². The molecule has 0 spiro atoms. The van der Waals surface area contributed by atoms with Crippen molar-refractivity contribution in [3.63, 3.8) is 0 Å². The van der Waals surface area contributed by atoms with Gasteiger partial charge in [-0.05, 0) is 50.3 Å². The van der Waals surface area contributed by atoms with Crippen LogP contribution < -0.4 is 10.0 Å². The molecule has 2 N–H and O–H groups in total. The average molecular weight is 336 g/mol. The van der Waals surface area contributed by atoms with Gasteiger partial charge in [0, 0.05) is 11.6 Å². The van der Waals surface area contributed by atoms with E-state index < -0.39 is 10.0 Å². The van der Waals surface area contributed by atoms with Gasteiger partial charge >= 0.3 is 0 Å². The molecule has 0 fully saturated rings. The molecule has 126 valence electrons. The minimum atomic E-state index is -3.34. The van der Waals surface area contributed by atoms with Crippen LogP contribution >= 0.6 is 0 Å². The number of amides is 1. The maximum atomic E-state index is 12.3. The average Bonchev–Trinajstić information content (AvgIpc) is 2.52. The highest BCUT2D eigenvalue weighted by molar-refractivity contribution is 7.92. The second-order valence-electron chi connectivity index (χ2n) is 5.87. The molecule has 0 saturated carbocycles. The summed E-state index contributed by atoms with van der Waals surface area (Å²) in [5, 5.41) is 2.93. The van der Waals surface area contributed by atoms with Gasteiger partial charge in [-0.1, -0.05) is 25.1 Å². The van der Waals surface area contributed by atoms with Crippen LogP contribution in [0, 0.1) is 12.8 Å². The maximum absolute atomic E-state index is 12.3. The van der Waals surface area contributed by atoms with Gasteiger partial charge in [-0.3, -0.25) is 9.52 Å². The summed E-state index contributed by atoms with van der Waals surface area (Å²) >= 11 is 0. The van der Waals surface area contributed by atoms with E-state index in [4.69, 9.17) is 0 Å². The predicted molar refractivity (Wildman–Crippen MR) is 94.0 cm³/mol. The Bertz CT molecular complexity index is 696. The molecular weight excluding hydrogens is 312 g/mol. The Morgan fingerprint density at radius 2 is 2.00 bits per heavy atom. The van der Waals surface area contributed by atoms with Crippen LogP contribution in [0.1, 0.15) is 38.2 Å². The smallest absolute Gasteiger partial charge is 0.232 e. The third-order valence-corrected chi connectivity index (χ3v) is 5.45. The summed E-state index contributed by atoms with van der Waals surface area (Å²) in [5.74, 6) is 0.0584. The highest BCUT2D eigenvalue weighted by Gasteiger charge is 2.20. The fourth-order valence-corrected chi connectivity index (χ4v) is 3.83. The zero-order valence-corrected chi connectivity index (χ0v) is 14.4. The van der Waals surface area contributed by atoms with Gasteiger partial charge in [-0.2, -0.15) is 0 Å². The summed E-state index contributed by atoms with van der Waals surface area (Å²) in [7, 11) is -3.34. The molecule has 1 amide bonds. The van der Waals surface area contributed by atoms with E-state index in [1.807, 2.05) is 13.0 Å². The van der Waals surface area contributed by atoms with Gasteiger partial charge in [0.1, 0.15) is 0 Å². The van der Waals surface area contributed by atoms with Crippen molar-refractivity contribution in [2.45, 2.75) is 39.5 Å². The lowest BCUT2D eigenvalue weighted by atomic mass is 9.93. The number of hydrogen-bond acceptors (Lipinski definition) is 3. The Kier molecular flexibility index (Phi) is 5.82. The zero-order chi connectivity index (χ0) is 16.9. The summed E-state index contributed by atoms with van der Waals surface area (Å²) < 4.78 is 26.4. The highest BCUT2D eigenvalue weighted by Crippen LogP contribution is 2.26. The largest absolute Gasteiger partial charge is 0.326 e. The number of allylic oxidation sites excluding steroid dienone is 2. The van der Waals surface area contributed by atoms with Crippen LogP contribution in [0.3, 0.4) is 0 Å². The van der Waals surface area contributed by atoms with Crippen LogP contribution in [0.4, 0.5) is 11.4 Å². The van der Waals surface area contributed by atoms with Crippen molar-refractivity contribution in [3.8, 4) is 0 Å². The molecule has 0 aliphatic heterocycles. The Hall–Kier alpha value is -1.82. The normalized spacial score (nSPS) is 17.7. The molecule has 0 bridgehead atoms. The van der Waals surface area contributed by atoms with Crippen LogP contribution in [0.5, 0.6) is 0 Å². The molecule has 0 saturated heterocycles. The molecule has 6 heteroatoms. The summed E-state index contributed by atoms with van der Waals surface area (Å²) in [5.41, 5.74) is 1.90. The van der Waals surface area contributed by atoms with Crippen LogP contribution in [-0.4, -0.2) is 20.1 Å². The third-order valence-electron chi connectivity index (χ3n) is 3.97. The molecule has 0 heterocycles. The minimum absolute atomic E-state index is 0.00832. The molecule has 0 aromatic heterocycles. The van der Waals surface area contributed by atoms with E-state index in [9.17, 15) is 13.2 Å². The maximum Gasteiger partial charge on any atom is 0.232 e. The first kappa shape index (κ1) is 17.5. The molecule has 23 heavy (non-hydrogen) atoms. The first-order valence-corrected chi connectivity index (χ1v) is 9.64. The molecular formula is C17H24N2O3S. The number of carbonyl (C=O) groups is 1.